The molecule has 2 N–H and O–H groups in total. The molecule has 1 saturated heterocycles. The van der Waals surface area contributed by atoms with Crippen molar-refractivity contribution in [3.63, 3.8) is 0 Å². The summed E-state index contributed by atoms with van der Waals surface area (Å²) in [5.74, 6) is 0. The lowest BCUT2D eigenvalue weighted by Crippen LogP contribution is -2.51. The molecule has 0 radical (unpaired) electrons. The summed E-state index contributed by atoms with van der Waals surface area (Å²) in [5.41, 5.74) is 0. The number of ether oxygens (including phenoxy) is 2. The fraction of sp³-hybridized carbons (Fsp3) is 1.00. The van der Waals surface area contributed by atoms with Crippen LogP contribution in [-0.4, -0.2) is 49.7 Å². The molecule has 0 aromatic heterocycles. The SMILES string of the molecule is OCCO[C@@H]1CCOC[C@@H]1NC1CCCC1. The van der Waals surface area contributed by atoms with Crippen LogP contribution in [0.3, 0.4) is 0 Å². The fourth-order valence-corrected chi connectivity index (χ4v) is 2.67. The Morgan fingerprint density at radius 2 is 2.06 bits per heavy atom. The first-order valence-corrected chi connectivity index (χ1v) is 6.46. The summed E-state index contributed by atoms with van der Waals surface area (Å²) in [4.78, 5) is 0. The van der Waals surface area contributed by atoms with Gasteiger partial charge in [0.1, 0.15) is 0 Å². The van der Waals surface area contributed by atoms with Gasteiger partial charge in [-0.25, -0.2) is 0 Å². The van der Waals surface area contributed by atoms with Gasteiger partial charge < -0.3 is 19.9 Å². The van der Waals surface area contributed by atoms with Crippen LogP contribution < -0.4 is 5.32 Å². The zero-order chi connectivity index (χ0) is 11.2. The molecule has 0 unspecified atom stereocenters. The van der Waals surface area contributed by atoms with Gasteiger partial charge >= 0.3 is 0 Å². The van der Waals surface area contributed by atoms with E-state index >= 15 is 0 Å². The monoisotopic (exact) mass is 229 g/mol. The molecule has 0 bridgehead atoms. The summed E-state index contributed by atoms with van der Waals surface area (Å²) in [5, 5.41) is 12.4. The third-order valence-corrected chi connectivity index (χ3v) is 3.52. The lowest BCUT2D eigenvalue weighted by Gasteiger charge is -2.34. The minimum atomic E-state index is 0.105. The van der Waals surface area contributed by atoms with Gasteiger partial charge in [0.2, 0.25) is 0 Å². The van der Waals surface area contributed by atoms with Gasteiger partial charge in [-0.2, -0.15) is 0 Å². The second kappa shape index (κ2) is 6.55. The molecule has 2 rings (SSSR count). The average molecular weight is 229 g/mol. The van der Waals surface area contributed by atoms with Crippen molar-refractivity contribution < 1.29 is 14.6 Å². The maximum Gasteiger partial charge on any atom is 0.0773 e. The molecule has 94 valence electrons. The molecular weight excluding hydrogens is 206 g/mol. The number of hydrogen-bond donors (Lipinski definition) is 2. The zero-order valence-corrected chi connectivity index (χ0v) is 9.86. The highest BCUT2D eigenvalue weighted by Crippen LogP contribution is 2.20. The smallest absolute Gasteiger partial charge is 0.0773 e. The maximum absolute atomic E-state index is 8.79. The van der Waals surface area contributed by atoms with Crippen molar-refractivity contribution in [1.82, 2.24) is 5.32 Å². The quantitative estimate of drug-likeness (QED) is 0.728. The molecule has 2 fully saturated rings. The van der Waals surface area contributed by atoms with Crippen molar-refractivity contribution in [2.24, 2.45) is 0 Å². The molecule has 1 saturated carbocycles. The lowest BCUT2D eigenvalue weighted by atomic mass is 10.0. The maximum atomic E-state index is 8.79. The third-order valence-electron chi connectivity index (χ3n) is 3.52. The molecule has 2 atom stereocenters. The van der Waals surface area contributed by atoms with Crippen LogP contribution in [0, 0.1) is 0 Å². The van der Waals surface area contributed by atoms with Crippen molar-refractivity contribution in [2.75, 3.05) is 26.4 Å². The van der Waals surface area contributed by atoms with Crippen LogP contribution in [0.5, 0.6) is 0 Å². The average Bonchev–Trinajstić information content (AvgIpc) is 2.81. The molecule has 1 aliphatic carbocycles. The highest BCUT2D eigenvalue weighted by Gasteiger charge is 2.29. The van der Waals surface area contributed by atoms with Crippen LogP contribution in [0.15, 0.2) is 0 Å². The van der Waals surface area contributed by atoms with Crippen LogP contribution in [0.2, 0.25) is 0 Å². The molecule has 0 aromatic rings. The molecule has 1 heterocycles. The van der Waals surface area contributed by atoms with E-state index in [0.29, 0.717) is 18.7 Å². The van der Waals surface area contributed by atoms with E-state index in [9.17, 15) is 0 Å². The molecular formula is C12H23NO3. The van der Waals surface area contributed by atoms with Crippen molar-refractivity contribution in [1.29, 1.82) is 0 Å². The van der Waals surface area contributed by atoms with Gasteiger partial charge in [-0.15, -0.1) is 0 Å². The number of aliphatic hydroxyl groups excluding tert-OH is 1. The molecule has 4 nitrogen and oxygen atoms in total. The second-order valence-corrected chi connectivity index (χ2v) is 4.75. The largest absolute Gasteiger partial charge is 0.394 e. The summed E-state index contributed by atoms with van der Waals surface area (Å²) in [6.45, 7) is 2.06. The highest BCUT2D eigenvalue weighted by atomic mass is 16.5. The van der Waals surface area contributed by atoms with Crippen molar-refractivity contribution in [3.05, 3.63) is 0 Å². The van der Waals surface area contributed by atoms with Crippen LogP contribution >= 0.6 is 0 Å². The topological polar surface area (TPSA) is 50.7 Å². The van der Waals surface area contributed by atoms with E-state index in [-0.39, 0.29) is 12.7 Å². The van der Waals surface area contributed by atoms with E-state index in [1.807, 2.05) is 0 Å². The van der Waals surface area contributed by atoms with Crippen LogP contribution in [0.25, 0.3) is 0 Å². The summed E-state index contributed by atoms with van der Waals surface area (Å²) in [6.07, 6.45) is 6.39. The van der Waals surface area contributed by atoms with Crippen LogP contribution in [-0.2, 0) is 9.47 Å². The molecule has 1 aliphatic heterocycles. The normalized spacial score (nSPS) is 32.1. The number of rotatable bonds is 5. The zero-order valence-electron chi connectivity index (χ0n) is 9.86. The standard InChI is InChI=1S/C12H23NO3/c14-6-8-16-12-5-7-15-9-11(12)13-10-3-1-2-4-10/h10-14H,1-9H2/t11-,12+/m0/s1. The predicted molar refractivity (Wildman–Crippen MR) is 61.4 cm³/mol. The van der Waals surface area contributed by atoms with Gasteiger partial charge in [0.25, 0.3) is 0 Å². The Balaban J connectivity index is 1.78. The van der Waals surface area contributed by atoms with Gasteiger partial charge in [-0.1, -0.05) is 12.8 Å². The molecule has 16 heavy (non-hydrogen) atoms. The number of hydrogen-bond acceptors (Lipinski definition) is 4. The third kappa shape index (κ3) is 3.42. The van der Waals surface area contributed by atoms with Crippen LogP contribution in [0.4, 0.5) is 0 Å². The molecule has 4 heteroatoms. The molecule has 0 aromatic carbocycles. The van der Waals surface area contributed by atoms with E-state index in [0.717, 1.165) is 19.6 Å². The summed E-state index contributed by atoms with van der Waals surface area (Å²) in [7, 11) is 0. The summed E-state index contributed by atoms with van der Waals surface area (Å²) >= 11 is 0. The highest BCUT2D eigenvalue weighted by molar-refractivity contribution is 4.85. The predicted octanol–water partition coefficient (Wildman–Crippen LogP) is 0.685. The van der Waals surface area contributed by atoms with Gasteiger partial charge in [-0.3, -0.25) is 0 Å². The molecule has 0 spiro atoms. The van der Waals surface area contributed by atoms with E-state index < -0.39 is 0 Å². The van der Waals surface area contributed by atoms with Gasteiger partial charge in [-0.05, 0) is 19.3 Å². The summed E-state index contributed by atoms with van der Waals surface area (Å²) in [6, 6.07) is 0.954. The first-order chi connectivity index (χ1) is 7.90. The minimum Gasteiger partial charge on any atom is -0.394 e. The Bertz CT molecular complexity index is 195. The molecule has 2 aliphatic rings. The van der Waals surface area contributed by atoms with Gasteiger partial charge in [0.05, 0.1) is 32.0 Å². The van der Waals surface area contributed by atoms with Crippen molar-refractivity contribution in [3.8, 4) is 0 Å². The van der Waals surface area contributed by atoms with E-state index in [2.05, 4.69) is 5.32 Å². The number of nitrogens with one attached hydrogen (secondary N) is 1. The van der Waals surface area contributed by atoms with Crippen molar-refractivity contribution in [2.45, 2.75) is 50.3 Å². The second-order valence-electron chi connectivity index (χ2n) is 4.75. The Morgan fingerprint density at radius 1 is 1.25 bits per heavy atom. The Hall–Kier alpha value is -0.160. The van der Waals surface area contributed by atoms with E-state index in [4.69, 9.17) is 14.6 Å². The molecule has 0 amide bonds. The van der Waals surface area contributed by atoms with Gasteiger partial charge in [0.15, 0.2) is 0 Å². The number of aliphatic hydroxyl groups is 1. The first-order valence-electron chi connectivity index (χ1n) is 6.46. The Morgan fingerprint density at radius 3 is 2.81 bits per heavy atom. The first kappa shape index (κ1) is 12.3. The lowest BCUT2D eigenvalue weighted by molar-refractivity contribution is -0.0656. The van der Waals surface area contributed by atoms with Gasteiger partial charge in [0, 0.05) is 12.6 Å². The fourth-order valence-electron chi connectivity index (χ4n) is 2.67. The van der Waals surface area contributed by atoms with Crippen molar-refractivity contribution >= 4 is 0 Å². The minimum absolute atomic E-state index is 0.105. The van der Waals surface area contributed by atoms with Crippen LogP contribution in [0.1, 0.15) is 32.1 Å². The van der Waals surface area contributed by atoms with E-state index in [1.165, 1.54) is 25.7 Å². The Kier molecular flexibility index (Phi) is 5.03. The summed E-state index contributed by atoms with van der Waals surface area (Å²) < 4.78 is 11.2. The Labute approximate surface area is 97.3 Å². The van der Waals surface area contributed by atoms with E-state index in [1.54, 1.807) is 0 Å².